The number of carbonyl (C=O) groups excluding carboxylic acids is 2. The van der Waals surface area contributed by atoms with E-state index in [0.29, 0.717) is 6.61 Å². The Hall–Kier alpha value is -1.94. The van der Waals surface area contributed by atoms with Gasteiger partial charge < -0.3 is 4.74 Å². The molecule has 0 saturated carbocycles. The van der Waals surface area contributed by atoms with Crippen LogP contribution in [0.4, 0.5) is 0 Å². The van der Waals surface area contributed by atoms with Crippen LogP contribution in [0.1, 0.15) is 59.9 Å². The molecule has 166 valence electrons. The van der Waals surface area contributed by atoms with Crippen LogP contribution < -0.4 is 0 Å². The lowest BCUT2D eigenvalue weighted by Crippen LogP contribution is -2.41. The molecule has 0 heterocycles. The van der Waals surface area contributed by atoms with Gasteiger partial charge in [0.15, 0.2) is 5.78 Å². The number of benzene rings is 1. The van der Waals surface area contributed by atoms with Gasteiger partial charge in [-0.3, -0.25) is 9.59 Å². The number of Topliss-reactive ketones (excluding diaryl/α,β-unsaturated/α-hetero) is 1. The molecule has 1 spiro atoms. The summed E-state index contributed by atoms with van der Waals surface area (Å²) in [6, 6.07) is 8.20. The molecule has 4 heteroatoms. The molecule has 3 rings (SSSR count). The Labute approximate surface area is 194 Å². The van der Waals surface area contributed by atoms with Crippen molar-refractivity contribution in [3.8, 4) is 0 Å². The number of hydrogen-bond acceptors (Lipinski definition) is 3. The molecule has 0 aromatic heterocycles. The minimum atomic E-state index is -0.681. The summed E-state index contributed by atoms with van der Waals surface area (Å²) in [5, 5.41) is 0. The molecule has 0 bridgehead atoms. The molecule has 1 aromatic carbocycles. The first-order valence-electron chi connectivity index (χ1n) is 10.9. The molecular formula is C27H33BrO3. The van der Waals surface area contributed by atoms with E-state index in [4.69, 9.17) is 4.74 Å². The Kier molecular flexibility index (Phi) is 6.27. The maximum atomic E-state index is 13.6. The van der Waals surface area contributed by atoms with E-state index in [1.807, 2.05) is 25.1 Å². The Balaban J connectivity index is 2.31. The summed E-state index contributed by atoms with van der Waals surface area (Å²) < 4.78 is 6.49. The Morgan fingerprint density at radius 2 is 1.48 bits per heavy atom. The van der Waals surface area contributed by atoms with Gasteiger partial charge in [-0.15, -0.1) is 0 Å². The van der Waals surface area contributed by atoms with Crippen molar-refractivity contribution in [2.75, 3.05) is 6.61 Å². The van der Waals surface area contributed by atoms with Crippen molar-refractivity contribution in [3.05, 3.63) is 69.8 Å². The summed E-state index contributed by atoms with van der Waals surface area (Å²) in [6.07, 6.45) is 8.21. The zero-order valence-electron chi connectivity index (χ0n) is 19.6. The highest BCUT2D eigenvalue weighted by molar-refractivity contribution is 9.10. The van der Waals surface area contributed by atoms with Crippen LogP contribution in [-0.4, -0.2) is 18.4 Å². The fourth-order valence-electron chi connectivity index (χ4n) is 4.62. The number of rotatable bonds is 3. The van der Waals surface area contributed by atoms with E-state index >= 15 is 0 Å². The molecule has 0 N–H and O–H groups in total. The zero-order valence-corrected chi connectivity index (χ0v) is 21.2. The molecule has 0 saturated heterocycles. The van der Waals surface area contributed by atoms with Gasteiger partial charge in [0, 0.05) is 27.0 Å². The van der Waals surface area contributed by atoms with Crippen molar-refractivity contribution in [2.45, 2.75) is 54.4 Å². The molecule has 31 heavy (non-hydrogen) atoms. The lowest BCUT2D eigenvalue weighted by atomic mass is 9.59. The van der Waals surface area contributed by atoms with Crippen LogP contribution in [0.15, 0.2) is 64.2 Å². The third kappa shape index (κ3) is 4.37. The summed E-state index contributed by atoms with van der Waals surface area (Å²) in [7, 11) is 0. The molecule has 3 nitrogen and oxygen atoms in total. The fraction of sp³-hybridized carbons (Fsp3) is 0.481. The van der Waals surface area contributed by atoms with Crippen LogP contribution in [0.5, 0.6) is 0 Å². The molecule has 0 aliphatic heterocycles. The van der Waals surface area contributed by atoms with Crippen LogP contribution in [0, 0.1) is 22.2 Å². The van der Waals surface area contributed by atoms with Crippen molar-refractivity contribution >= 4 is 27.7 Å². The predicted octanol–water partition coefficient (Wildman–Crippen LogP) is 6.80. The third-order valence-electron chi connectivity index (χ3n) is 6.24. The molecule has 2 atom stereocenters. The number of esters is 1. The Morgan fingerprint density at radius 3 is 1.94 bits per heavy atom. The van der Waals surface area contributed by atoms with Gasteiger partial charge in [0.25, 0.3) is 0 Å². The van der Waals surface area contributed by atoms with E-state index in [0.717, 1.165) is 21.2 Å². The minimum absolute atomic E-state index is 0.0715. The van der Waals surface area contributed by atoms with Crippen LogP contribution in [0.3, 0.4) is 0 Å². The number of carbonyl (C=O) groups is 2. The van der Waals surface area contributed by atoms with E-state index in [1.165, 1.54) is 0 Å². The van der Waals surface area contributed by atoms with Crippen molar-refractivity contribution in [2.24, 2.45) is 22.2 Å². The number of hydrogen-bond donors (Lipinski definition) is 0. The highest BCUT2D eigenvalue weighted by Gasteiger charge is 2.53. The summed E-state index contributed by atoms with van der Waals surface area (Å²) in [6.45, 7) is 14.5. The second-order valence-electron chi connectivity index (χ2n) is 10.6. The molecule has 2 aliphatic rings. The van der Waals surface area contributed by atoms with Crippen LogP contribution in [0.25, 0.3) is 0 Å². The van der Waals surface area contributed by atoms with Gasteiger partial charge in [-0.1, -0.05) is 93.9 Å². The van der Waals surface area contributed by atoms with Gasteiger partial charge in [-0.2, -0.15) is 0 Å². The van der Waals surface area contributed by atoms with Gasteiger partial charge in [0.05, 0.1) is 12.5 Å². The fourth-order valence-corrected chi connectivity index (χ4v) is 4.89. The zero-order chi connectivity index (χ0) is 23.2. The monoisotopic (exact) mass is 484 g/mol. The number of halogens is 1. The van der Waals surface area contributed by atoms with Gasteiger partial charge >= 0.3 is 5.97 Å². The smallest absolute Gasteiger partial charge is 0.314 e. The van der Waals surface area contributed by atoms with Crippen LogP contribution in [-0.2, 0) is 14.3 Å². The maximum Gasteiger partial charge on any atom is 0.314 e. The highest BCUT2D eigenvalue weighted by atomic mass is 79.9. The summed E-state index contributed by atoms with van der Waals surface area (Å²) in [4.78, 5) is 26.7. The van der Waals surface area contributed by atoms with Crippen molar-refractivity contribution < 1.29 is 14.3 Å². The summed E-state index contributed by atoms with van der Waals surface area (Å²) in [5.74, 6) is -0.724. The van der Waals surface area contributed by atoms with E-state index < -0.39 is 11.3 Å². The average Bonchev–Trinajstić information content (AvgIpc) is 3.01. The van der Waals surface area contributed by atoms with Crippen molar-refractivity contribution in [1.29, 1.82) is 0 Å². The number of ketones is 1. The normalized spacial score (nSPS) is 23.0. The lowest BCUT2D eigenvalue weighted by Gasteiger charge is -2.43. The predicted molar refractivity (Wildman–Crippen MR) is 129 cm³/mol. The second kappa shape index (κ2) is 8.20. The van der Waals surface area contributed by atoms with E-state index in [1.54, 1.807) is 0 Å². The first kappa shape index (κ1) is 23.7. The quantitative estimate of drug-likeness (QED) is 0.350. The second-order valence-corrected chi connectivity index (χ2v) is 11.5. The van der Waals surface area contributed by atoms with E-state index in [9.17, 15) is 9.59 Å². The Bertz CT molecular complexity index is 931. The molecule has 0 unspecified atom stereocenters. The van der Waals surface area contributed by atoms with E-state index in [2.05, 4.69) is 87.8 Å². The maximum absolute atomic E-state index is 13.6. The molecule has 0 radical (unpaired) electrons. The van der Waals surface area contributed by atoms with Crippen LogP contribution in [0.2, 0.25) is 0 Å². The third-order valence-corrected chi connectivity index (χ3v) is 6.77. The first-order valence-corrected chi connectivity index (χ1v) is 11.7. The number of allylic oxidation sites excluding steroid dienone is 5. The molecule has 2 aliphatic carbocycles. The largest absolute Gasteiger partial charge is 0.466 e. The topological polar surface area (TPSA) is 43.4 Å². The SMILES string of the molecule is CCOC(=O)[C@H]1C=C[C@@H](c2ccc(Br)cc2)C12C=C(C(C)(C)C)C(=O)C(C(C)(C)C)=C2. The van der Waals surface area contributed by atoms with Crippen molar-refractivity contribution in [1.82, 2.24) is 0 Å². The van der Waals surface area contributed by atoms with Crippen molar-refractivity contribution in [3.63, 3.8) is 0 Å². The molecule has 0 fully saturated rings. The van der Waals surface area contributed by atoms with Gasteiger partial charge in [0.1, 0.15) is 0 Å². The lowest BCUT2D eigenvalue weighted by molar-refractivity contribution is -0.148. The van der Waals surface area contributed by atoms with Gasteiger partial charge in [0.2, 0.25) is 0 Å². The molecule has 0 amide bonds. The summed E-state index contributed by atoms with van der Waals surface area (Å²) >= 11 is 3.52. The minimum Gasteiger partial charge on any atom is -0.466 e. The van der Waals surface area contributed by atoms with Crippen LogP contribution >= 0.6 is 15.9 Å². The van der Waals surface area contributed by atoms with E-state index in [-0.39, 0.29) is 28.5 Å². The molecular weight excluding hydrogens is 452 g/mol. The van der Waals surface area contributed by atoms with Gasteiger partial charge in [-0.25, -0.2) is 0 Å². The van der Waals surface area contributed by atoms with Gasteiger partial charge in [-0.05, 0) is 35.4 Å². The molecule has 1 aromatic rings. The Morgan fingerprint density at radius 1 is 0.968 bits per heavy atom. The average molecular weight is 485 g/mol. The standard InChI is InChI=1S/C27H33BrO3/c1-8-31-24(30)20-14-13-19(17-9-11-18(28)12-10-17)27(20)15-21(25(2,3)4)23(29)22(16-27)26(5,6)7/h9-16,19-20H,8H2,1-7H3/t19-,20+/m0/s1. The highest BCUT2D eigenvalue weighted by Crippen LogP contribution is 2.57. The number of ether oxygens (including phenoxy) is 1. The summed E-state index contributed by atoms with van der Waals surface area (Å²) in [5.41, 5.74) is 1.26. The first-order chi connectivity index (χ1) is 14.3.